The zero-order chi connectivity index (χ0) is 9.26. The number of benzene rings is 1. The minimum atomic E-state index is 0.414. The lowest BCUT2D eigenvalue weighted by atomic mass is 10.1. The summed E-state index contributed by atoms with van der Waals surface area (Å²) >= 11 is 4.60. The molecule has 0 saturated heterocycles. The van der Waals surface area contributed by atoms with Crippen molar-refractivity contribution in [2.75, 3.05) is 0 Å². The van der Waals surface area contributed by atoms with Crippen LogP contribution in [0.1, 0.15) is 24.5 Å². The molecule has 0 nitrogen and oxygen atoms in total. The van der Waals surface area contributed by atoms with Gasteiger partial charge >= 0.3 is 0 Å². The summed E-state index contributed by atoms with van der Waals surface area (Å²) in [5.74, 6) is 0. The highest BCUT2D eigenvalue weighted by atomic mass is 32.1. The molecule has 0 bridgehead atoms. The van der Waals surface area contributed by atoms with Gasteiger partial charge in [-0.1, -0.05) is 37.3 Å². The van der Waals surface area contributed by atoms with E-state index in [1.54, 1.807) is 0 Å². The van der Waals surface area contributed by atoms with Gasteiger partial charge in [0.15, 0.2) is 0 Å². The average molecular weight is 190 g/mol. The Hall–Kier alpha value is -0.690. The molecular formula is C12H14S. The summed E-state index contributed by atoms with van der Waals surface area (Å²) in [7, 11) is 0. The van der Waals surface area contributed by atoms with E-state index in [-0.39, 0.29) is 0 Å². The highest BCUT2D eigenvalue weighted by Gasteiger charge is 2.22. The Morgan fingerprint density at radius 3 is 3.00 bits per heavy atom. The maximum absolute atomic E-state index is 4.60. The molecule has 0 aromatic heterocycles. The first-order valence-corrected chi connectivity index (χ1v) is 5.31. The number of thiol groups is 1. The van der Waals surface area contributed by atoms with E-state index in [4.69, 9.17) is 0 Å². The number of allylic oxidation sites excluding steroid dienone is 1. The second-order valence-electron chi connectivity index (χ2n) is 3.44. The predicted molar refractivity (Wildman–Crippen MR) is 61.2 cm³/mol. The van der Waals surface area contributed by atoms with Gasteiger partial charge in [0.25, 0.3) is 0 Å². The summed E-state index contributed by atoms with van der Waals surface area (Å²) in [5.41, 5.74) is 4.27. The van der Waals surface area contributed by atoms with E-state index >= 15 is 0 Å². The average Bonchev–Trinajstić information content (AvgIpc) is 2.44. The Morgan fingerprint density at radius 1 is 1.46 bits per heavy atom. The molecule has 1 aromatic rings. The van der Waals surface area contributed by atoms with Crippen molar-refractivity contribution in [3.8, 4) is 0 Å². The van der Waals surface area contributed by atoms with Crippen LogP contribution >= 0.6 is 12.6 Å². The first-order valence-electron chi connectivity index (χ1n) is 4.79. The van der Waals surface area contributed by atoms with Crippen molar-refractivity contribution in [3.05, 3.63) is 41.5 Å². The fourth-order valence-corrected chi connectivity index (χ4v) is 2.38. The highest BCUT2D eigenvalue weighted by molar-refractivity contribution is 7.81. The van der Waals surface area contributed by atoms with Gasteiger partial charge in [-0.15, -0.1) is 0 Å². The van der Waals surface area contributed by atoms with E-state index < -0.39 is 0 Å². The van der Waals surface area contributed by atoms with Gasteiger partial charge in [0.1, 0.15) is 0 Å². The van der Waals surface area contributed by atoms with Gasteiger partial charge in [-0.05, 0) is 29.5 Å². The van der Waals surface area contributed by atoms with Crippen molar-refractivity contribution >= 4 is 18.2 Å². The number of fused-ring (bicyclic) bond motifs is 1. The van der Waals surface area contributed by atoms with E-state index in [0.29, 0.717) is 5.25 Å². The Balaban J connectivity index is 2.46. The van der Waals surface area contributed by atoms with E-state index in [1.807, 2.05) is 0 Å². The van der Waals surface area contributed by atoms with Crippen LogP contribution in [0.2, 0.25) is 0 Å². The fraction of sp³-hybridized carbons (Fsp3) is 0.333. The standard InChI is InChI=1S/C12H14S/c1-2-5-11-10-7-4-3-6-9(10)8-12(11)13/h3-7,12-13H,2,8H2,1H3/b11-5+. The van der Waals surface area contributed by atoms with Crippen LogP contribution in [0.4, 0.5) is 0 Å². The van der Waals surface area contributed by atoms with Crippen molar-refractivity contribution in [2.24, 2.45) is 0 Å². The van der Waals surface area contributed by atoms with E-state index in [2.05, 4.69) is 49.9 Å². The fourth-order valence-electron chi connectivity index (χ4n) is 1.94. The van der Waals surface area contributed by atoms with Gasteiger partial charge in [-0.25, -0.2) is 0 Å². The molecule has 0 spiro atoms. The molecular weight excluding hydrogens is 176 g/mol. The van der Waals surface area contributed by atoms with Crippen molar-refractivity contribution < 1.29 is 0 Å². The molecule has 0 radical (unpaired) electrons. The molecule has 1 aliphatic carbocycles. The Labute approximate surface area is 85.1 Å². The molecule has 2 rings (SSSR count). The smallest absolute Gasteiger partial charge is 0.0310 e. The minimum Gasteiger partial charge on any atom is -0.171 e. The van der Waals surface area contributed by atoms with Crippen molar-refractivity contribution in [1.29, 1.82) is 0 Å². The second kappa shape index (κ2) is 3.59. The molecule has 1 unspecified atom stereocenters. The number of hydrogen-bond donors (Lipinski definition) is 1. The maximum Gasteiger partial charge on any atom is 0.0310 e. The Kier molecular flexibility index (Phi) is 2.45. The van der Waals surface area contributed by atoms with Crippen LogP contribution in [0.15, 0.2) is 30.3 Å². The van der Waals surface area contributed by atoms with Gasteiger partial charge in [0, 0.05) is 5.25 Å². The molecule has 0 amide bonds. The maximum atomic E-state index is 4.60. The molecule has 1 heteroatoms. The quantitative estimate of drug-likeness (QED) is 0.645. The number of rotatable bonds is 1. The summed E-state index contributed by atoms with van der Waals surface area (Å²) in [6.45, 7) is 2.18. The van der Waals surface area contributed by atoms with Crippen molar-refractivity contribution in [3.63, 3.8) is 0 Å². The monoisotopic (exact) mass is 190 g/mol. The Bertz CT molecular complexity index is 339. The van der Waals surface area contributed by atoms with Crippen LogP contribution in [-0.4, -0.2) is 5.25 Å². The zero-order valence-corrected chi connectivity index (χ0v) is 8.72. The molecule has 0 fully saturated rings. The first-order chi connectivity index (χ1) is 6.33. The van der Waals surface area contributed by atoms with Gasteiger partial charge in [-0.3, -0.25) is 0 Å². The lowest BCUT2D eigenvalue weighted by Gasteiger charge is -2.03. The van der Waals surface area contributed by atoms with Crippen LogP contribution in [-0.2, 0) is 6.42 Å². The molecule has 0 aliphatic heterocycles. The van der Waals surface area contributed by atoms with E-state index in [1.165, 1.54) is 16.7 Å². The third kappa shape index (κ3) is 1.53. The number of hydrogen-bond acceptors (Lipinski definition) is 1. The predicted octanol–water partition coefficient (Wildman–Crippen LogP) is 3.33. The van der Waals surface area contributed by atoms with Gasteiger partial charge in [0.05, 0.1) is 0 Å². The lowest BCUT2D eigenvalue weighted by Crippen LogP contribution is -1.94. The van der Waals surface area contributed by atoms with E-state index in [0.717, 1.165) is 12.8 Å². The van der Waals surface area contributed by atoms with Crippen LogP contribution in [0.5, 0.6) is 0 Å². The molecule has 0 N–H and O–H groups in total. The van der Waals surface area contributed by atoms with Crippen molar-refractivity contribution in [2.45, 2.75) is 25.0 Å². The van der Waals surface area contributed by atoms with Crippen LogP contribution in [0, 0.1) is 0 Å². The van der Waals surface area contributed by atoms with Gasteiger partial charge in [0.2, 0.25) is 0 Å². The molecule has 0 saturated carbocycles. The summed E-state index contributed by atoms with van der Waals surface area (Å²) in [6, 6.07) is 8.62. The van der Waals surface area contributed by atoms with Crippen LogP contribution in [0.25, 0.3) is 5.57 Å². The van der Waals surface area contributed by atoms with Gasteiger partial charge < -0.3 is 0 Å². The SMILES string of the molecule is CC/C=C1\c2ccccc2CC1S. The summed E-state index contributed by atoms with van der Waals surface area (Å²) in [5, 5.41) is 0.414. The van der Waals surface area contributed by atoms with Crippen LogP contribution in [0.3, 0.4) is 0 Å². The molecule has 68 valence electrons. The third-order valence-corrected chi connectivity index (χ3v) is 2.99. The summed E-state index contributed by atoms with van der Waals surface area (Å²) in [6.07, 6.45) is 4.48. The first kappa shape index (κ1) is 8.89. The Morgan fingerprint density at radius 2 is 2.23 bits per heavy atom. The summed E-state index contributed by atoms with van der Waals surface area (Å²) in [4.78, 5) is 0. The highest BCUT2D eigenvalue weighted by Crippen LogP contribution is 2.35. The molecule has 1 atom stereocenters. The van der Waals surface area contributed by atoms with Crippen LogP contribution < -0.4 is 0 Å². The lowest BCUT2D eigenvalue weighted by molar-refractivity contribution is 1.10. The molecule has 1 aliphatic rings. The topological polar surface area (TPSA) is 0 Å². The van der Waals surface area contributed by atoms with Crippen molar-refractivity contribution in [1.82, 2.24) is 0 Å². The zero-order valence-electron chi connectivity index (χ0n) is 7.83. The second-order valence-corrected chi connectivity index (χ2v) is 4.07. The summed E-state index contributed by atoms with van der Waals surface area (Å²) < 4.78 is 0. The van der Waals surface area contributed by atoms with Gasteiger partial charge in [-0.2, -0.15) is 12.6 Å². The molecule has 0 heterocycles. The molecule has 1 aromatic carbocycles. The normalized spacial score (nSPS) is 23.5. The van der Waals surface area contributed by atoms with E-state index in [9.17, 15) is 0 Å². The minimum absolute atomic E-state index is 0.414. The third-order valence-electron chi connectivity index (χ3n) is 2.52. The largest absolute Gasteiger partial charge is 0.171 e. The molecule has 13 heavy (non-hydrogen) atoms.